The maximum absolute atomic E-state index is 9.21. The summed E-state index contributed by atoms with van der Waals surface area (Å²) in [5.41, 5.74) is 0. The molecule has 3 N–H and O–H groups in total. The summed E-state index contributed by atoms with van der Waals surface area (Å²) in [7, 11) is 0. The summed E-state index contributed by atoms with van der Waals surface area (Å²) in [5, 5.41) is 27.4. The predicted octanol–water partition coefficient (Wildman–Crippen LogP) is -0.501. The summed E-state index contributed by atoms with van der Waals surface area (Å²) in [6.07, 6.45) is -1.03. The Balaban J connectivity index is 2.52. The monoisotopic (exact) mass is 146 g/mol. The van der Waals surface area contributed by atoms with Crippen molar-refractivity contribution in [3.05, 3.63) is 0 Å². The van der Waals surface area contributed by atoms with Gasteiger partial charge < -0.3 is 15.3 Å². The van der Waals surface area contributed by atoms with Crippen molar-refractivity contribution < 1.29 is 15.3 Å². The van der Waals surface area contributed by atoms with Crippen molar-refractivity contribution in [2.45, 2.75) is 38.1 Å². The van der Waals surface area contributed by atoms with E-state index in [0.29, 0.717) is 6.42 Å². The molecule has 1 aliphatic rings. The normalized spacial score (nSPS) is 49.2. The number of rotatable bonds is 0. The van der Waals surface area contributed by atoms with Crippen molar-refractivity contribution >= 4 is 0 Å². The van der Waals surface area contributed by atoms with Crippen LogP contribution in [0.4, 0.5) is 0 Å². The van der Waals surface area contributed by atoms with Gasteiger partial charge in [-0.05, 0) is 18.8 Å². The standard InChI is InChI=1S/C7H14O3/c1-4-2-3-5(8)7(10)6(4)9/h4-10H,2-3H2,1H3/t4?,5-,6?,7-/m0/s1. The van der Waals surface area contributed by atoms with Crippen molar-refractivity contribution in [2.24, 2.45) is 5.92 Å². The molecule has 3 heteroatoms. The van der Waals surface area contributed by atoms with Crippen LogP contribution in [0.3, 0.4) is 0 Å². The number of hydrogen-bond donors (Lipinski definition) is 3. The SMILES string of the molecule is CC1CC[C@H](O)[C@H](O)C1O. The molecule has 4 atom stereocenters. The summed E-state index contributed by atoms with van der Waals surface area (Å²) in [6, 6.07) is 0. The molecule has 0 amide bonds. The van der Waals surface area contributed by atoms with Gasteiger partial charge in [0.25, 0.3) is 0 Å². The lowest BCUT2D eigenvalue weighted by molar-refractivity contribution is -0.106. The molecule has 0 aliphatic heterocycles. The van der Waals surface area contributed by atoms with Crippen LogP contribution in [0, 0.1) is 5.92 Å². The number of aliphatic hydroxyl groups is 3. The van der Waals surface area contributed by atoms with Crippen LogP contribution in [-0.2, 0) is 0 Å². The fourth-order valence-corrected chi connectivity index (χ4v) is 1.34. The van der Waals surface area contributed by atoms with Crippen LogP contribution in [0.25, 0.3) is 0 Å². The highest BCUT2D eigenvalue weighted by Crippen LogP contribution is 2.24. The maximum Gasteiger partial charge on any atom is 0.106 e. The molecule has 1 aliphatic carbocycles. The van der Waals surface area contributed by atoms with Gasteiger partial charge >= 0.3 is 0 Å². The van der Waals surface area contributed by atoms with Gasteiger partial charge in [0.15, 0.2) is 0 Å². The van der Waals surface area contributed by atoms with Crippen LogP contribution in [-0.4, -0.2) is 33.6 Å². The highest BCUT2D eigenvalue weighted by atomic mass is 16.4. The van der Waals surface area contributed by atoms with E-state index >= 15 is 0 Å². The number of hydrogen-bond acceptors (Lipinski definition) is 3. The summed E-state index contributed by atoms with van der Waals surface area (Å²) in [5.74, 6) is 0.110. The second kappa shape index (κ2) is 2.86. The Bertz CT molecular complexity index is 101. The lowest BCUT2D eigenvalue weighted by Gasteiger charge is -2.32. The van der Waals surface area contributed by atoms with E-state index < -0.39 is 18.3 Å². The molecule has 1 rings (SSSR count). The zero-order valence-corrected chi connectivity index (χ0v) is 6.07. The van der Waals surface area contributed by atoms with E-state index in [-0.39, 0.29) is 5.92 Å². The summed E-state index contributed by atoms with van der Waals surface area (Å²) >= 11 is 0. The second-order valence-corrected chi connectivity index (χ2v) is 3.10. The van der Waals surface area contributed by atoms with E-state index in [1.54, 1.807) is 0 Å². The van der Waals surface area contributed by atoms with Gasteiger partial charge in [-0.15, -0.1) is 0 Å². The van der Waals surface area contributed by atoms with Gasteiger partial charge in [-0.2, -0.15) is 0 Å². The van der Waals surface area contributed by atoms with E-state index in [1.807, 2.05) is 6.92 Å². The second-order valence-electron chi connectivity index (χ2n) is 3.10. The Morgan fingerprint density at radius 2 is 1.60 bits per heavy atom. The molecule has 2 unspecified atom stereocenters. The first-order valence-electron chi connectivity index (χ1n) is 3.67. The van der Waals surface area contributed by atoms with Gasteiger partial charge in [0.05, 0.1) is 12.2 Å². The van der Waals surface area contributed by atoms with Gasteiger partial charge in [0.2, 0.25) is 0 Å². The molecule has 0 spiro atoms. The third-order valence-corrected chi connectivity index (χ3v) is 2.24. The van der Waals surface area contributed by atoms with E-state index in [1.165, 1.54) is 0 Å². The first-order valence-corrected chi connectivity index (χ1v) is 3.67. The lowest BCUT2D eigenvalue weighted by atomic mass is 9.84. The van der Waals surface area contributed by atoms with E-state index in [4.69, 9.17) is 10.2 Å². The van der Waals surface area contributed by atoms with Crippen LogP contribution >= 0.6 is 0 Å². The molecule has 0 aromatic carbocycles. The van der Waals surface area contributed by atoms with E-state index in [0.717, 1.165) is 6.42 Å². The van der Waals surface area contributed by atoms with Gasteiger partial charge in [-0.3, -0.25) is 0 Å². The topological polar surface area (TPSA) is 60.7 Å². The maximum atomic E-state index is 9.21. The quantitative estimate of drug-likeness (QED) is 0.431. The highest BCUT2D eigenvalue weighted by Gasteiger charge is 2.33. The van der Waals surface area contributed by atoms with Gasteiger partial charge in [-0.1, -0.05) is 6.92 Å². The Hall–Kier alpha value is -0.120. The van der Waals surface area contributed by atoms with Crippen molar-refractivity contribution in [1.82, 2.24) is 0 Å². The molecule has 10 heavy (non-hydrogen) atoms. The fourth-order valence-electron chi connectivity index (χ4n) is 1.34. The molecule has 0 bridgehead atoms. The number of aliphatic hydroxyl groups excluding tert-OH is 3. The molecule has 3 nitrogen and oxygen atoms in total. The molecule has 0 radical (unpaired) electrons. The molecule has 0 saturated heterocycles. The fraction of sp³-hybridized carbons (Fsp3) is 1.00. The molecule has 1 saturated carbocycles. The molecule has 0 aromatic rings. The molecule has 60 valence electrons. The predicted molar refractivity (Wildman–Crippen MR) is 36.4 cm³/mol. The molecular weight excluding hydrogens is 132 g/mol. The average Bonchev–Trinajstić information content (AvgIpc) is 1.93. The smallest absolute Gasteiger partial charge is 0.106 e. The van der Waals surface area contributed by atoms with Crippen molar-refractivity contribution in [2.75, 3.05) is 0 Å². The van der Waals surface area contributed by atoms with Gasteiger partial charge in [0, 0.05) is 0 Å². The van der Waals surface area contributed by atoms with Crippen LogP contribution < -0.4 is 0 Å². The summed E-state index contributed by atoms with van der Waals surface area (Å²) < 4.78 is 0. The van der Waals surface area contributed by atoms with Crippen LogP contribution in [0.5, 0.6) is 0 Å². The zero-order chi connectivity index (χ0) is 7.72. The average molecular weight is 146 g/mol. The van der Waals surface area contributed by atoms with E-state index in [9.17, 15) is 5.11 Å². The molecule has 1 fully saturated rings. The van der Waals surface area contributed by atoms with Crippen LogP contribution in [0.15, 0.2) is 0 Å². The Labute approximate surface area is 60.3 Å². The first-order chi connectivity index (χ1) is 4.63. The Morgan fingerprint density at radius 3 is 2.10 bits per heavy atom. The van der Waals surface area contributed by atoms with Crippen LogP contribution in [0.2, 0.25) is 0 Å². The molecule has 0 aromatic heterocycles. The molecule has 0 heterocycles. The Kier molecular flexibility index (Phi) is 2.28. The Morgan fingerprint density at radius 1 is 1.00 bits per heavy atom. The van der Waals surface area contributed by atoms with Gasteiger partial charge in [-0.25, -0.2) is 0 Å². The zero-order valence-electron chi connectivity index (χ0n) is 6.07. The lowest BCUT2D eigenvalue weighted by Crippen LogP contribution is -2.45. The van der Waals surface area contributed by atoms with Crippen molar-refractivity contribution in [1.29, 1.82) is 0 Å². The minimum atomic E-state index is -0.941. The first kappa shape index (κ1) is 7.98. The van der Waals surface area contributed by atoms with Gasteiger partial charge in [0.1, 0.15) is 6.10 Å². The summed E-state index contributed by atoms with van der Waals surface area (Å²) in [4.78, 5) is 0. The van der Waals surface area contributed by atoms with Crippen molar-refractivity contribution in [3.8, 4) is 0 Å². The third kappa shape index (κ3) is 1.31. The van der Waals surface area contributed by atoms with Crippen molar-refractivity contribution in [3.63, 3.8) is 0 Å². The summed E-state index contributed by atoms with van der Waals surface area (Å²) in [6.45, 7) is 1.87. The van der Waals surface area contributed by atoms with E-state index in [2.05, 4.69) is 0 Å². The highest BCUT2D eigenvalue weighted by molar-refractivity contribution is 4.84. The largest absolute Gasteiger partial charge is 0.390 e. The third-order valence-electron chi connectivity index (χ3n) is 2.24. The minimum Gasteiger partial charge on any atom is -0.390 e. The minimum absolute atomic E-state index is 0.110. The molecular formula is C7H14O3. The van der Waals surface area contributed by atoms with Crippen LogP contribution in [0.1, 0.15) is 19.8 Å².